The van der Waals surface area contributed by atoms with Crippen molar-refractivity contribution >= 4 is 11.4 Å². The van der Waals surface area contributed by atoms with Crippen molar-refractivity contribution in [1.82, 2.24) is 0 Å². The van der Waals surface area contributed by atoms with Gasteiger partial charge in [-0.25, -0.2) is 0 Å². The summed E-state index contributed by atoms with van der Waals surface area (Å²) in [4.78, 5) is 2.38. The van der Waals surface area contributed by atoms with Crippen molar-refractivity contribution in [2.24, 2.45) is 5.92 Å². The molecule has 0 saturated carbocycles. The van der Waals surface area contributed by atoms with Gasteiger partial charge in [-0.2, -0.15) is 0 Å². The lowest BCUT2D eigenvalue weighted by Crippen LogP contribution is -2.19. The number of nitrogens with two attached hydrogens (primary N) is 1. The Labute approximate surface area is 104 Å². The maximum atomic E-state index is 5.93. The molecule has 0 radical (unpaired) electrons. The highest BCUT2D eigenvalue weighted by Crippen LogP contribution is 2.29. The Morgan fingerprint density at radius 1 is 1.35 bits per heavy atom. The van der Waals surface area contributed by atoms with Gasteiger partial charge in [0.05, 0.1) is 6.10 Å². The molecule has 1 aliphatic heterocycles. The van der Waals surface area contributed by atoms with E-state index >= 15 is 0 Å². The predicted molar refractivity (Wildman–Crippen MR) is 72.6 cm³/mol. The van der Waals surface area contributed by atoms with E-state index in [-0.39, 0.29) is 6.10 Å². The SMILES string of the molecule is CC1CCN(c2cc(N)cc(OC(C)C)c2)C1. The highest BCUT2D eigenvalue weighted by molar-refractivity contribution is 5.61. The fourth-order valence-corrected chi connectivity index (χ4v) is 2.30. The van der Waals surface area contributed by atoms with Crippen LogP contribution in [0.5, 0.6) is 5.75 Å². The highest BCUT2D eigenvalue weighted by Gasteiger charge is 2.19. The van der Waals surface area contributed by atoms with Crippen LogP contribution in [0.3, 0.4) is 0 Å². The van der Waals surface area contributed by atoms with Crippen molar-refractivity contribution in [3.8, 4) is 5.75 Å². The number of hydrogen-bond acceptors (Lipinski definition) is 3. The number of ether oxygens (including phenoxy) is 1. The molecular formula is C14H22N2O. The summed E-state index contributed by atoms with van der Waals surface area (Å²) >= 11 is 0. The smallest absolute Gasteiger partial charge is 0.123 e. The molecule has 1 fully saturated rings. The molecule has 1 aromatic rings. The zero-order chi connectivity index (χ0) is 12.4. The lowest BCUT2D eigenvalue weighted by molar-refractivity contribution is 0.242. The molecule has 1 aliphatic rings. The third-order valence-electron chi connectivity index (χ3n) is 3.07. The Kier molecular flexibility index (Phi) is 3.46. The second-order valence-electron chi connectivity index (χ2n) is 5.27. The molecule has 1 heterocycles. The van der Waals surface area contributed by atoms with Gasteiger partial charge in [-0.3, -0.25) is 0 Å². The minimum Gasteiger partial charge on any atom is -0.491 e. The summed E-state index contributed by atoms with van der Waals surface area (Å²) < 4.78 is 5.72. The van der Waals surface area contributed by atoms with Crippen LogP contribution in [0.25, 0.3) is 0 Å². The standard InChI is InChI=1S/C14H22N2O/c1-10(2)17-14-7-12(15)6-13(8-14)16-5-4-11(3)9-16/h6-8,10-11H,4-5,9,15H2,1-3H3. The predicted octanol–water partition coefficient (Wildman–Crippen LogP) is 2.90. The summed E-state index contributed by atoms with van der Waals surface area (Å²) in [5.41, 5.74) is 7.89. The van der Waals surface area contributed by atoms with Crippen molar-refractivity contribution in [3.63, 3.8) is 0 Å². The molecule has 3 nitrogen and oxygen atoms in total. The van der Waals surface area contributed by atoms with Gasteiger partial charge in [0, 0.05) is 36.6 Å². The van der Waals surface area contributed by atoms with Crippen LogP contribution in [-0.2, 0) is 0 Å². The maximum absolute atomic E-state index is 5.93. The van der Waals surface area contributed by atoms with Crippen LogP contribution >= 0.6 is 0 Å². The number of nitrogen functional groups attached to an aromatic ring is 1. The third kappa shape index (κ3) is 3.05. The number of benzene rings is 1. The first kappa shape index (κ1) is 12.1. The topological polar surface area (TPSA) is 38.5 Å². The van der Waals surface area contributed by atoms with E-state index in [2.05, 4.69) is 17.9 Å². The monoisotopic (exact) mass is 234 g/mol. The van der Waals surface area contributed by atoms with Crippen LogP contribution in [0.15, 0.2) is 18.2 Å². The van der Waals surface area contributed by atoms with Crippen molar-refractivity contribution in [1.29, 1.82) is 0 Å². The van der Waals surface area contributed by atoms with E-state index in [1.807, 2.05) is 26.0 Å². The van der Waals surface area contributed by atoms with Gasteiger partial charge in [0.15, 0.2) is 0 Å². The van der Waals surface area contributed by atoms with Gasteiger partial charge in [-0.05, 0) is 32.3 Å². The molecule has 17 heavy (non-hydrogen) atoms. The summed E-state index contributed by atoms with van der Waals surface area (Å²) in [6.07, 6.45) is 1.44. The van der Waals surface area contributed by atoms with Gasteiger partial charge >= 0.3 is 0 Å². The van der Waals surface area contributed by atoms with E-state index in [4.69, 9.17) is 10.5 Å². The molecule has 2 rings (SSSR count). The van der Waals surface area contributed by atoms with Crippen LogP contribution in [0.2, 0.25) is 0 Å². The van der Waals surface area contributed by atoms with E-state index in [1.165, 1.54) is 12.1 Å². The molecule has 3 heteroatoms. The fourth-order valence-electron chi connectivity index (χ4n) is 2.30. The van der Waals surface area contributed by atoms with E-state index in [0.29, 0.717) is 0 Å². The Bertz CT molecular complexity index is 390. The maximum Gasteiger partial charge on any atom is 0.123 e. The summed E-state index contributed by atoms with van der Waals surface area (Å²) in [5.74, 6) is 1.64. The summed E-state index contributed by atoms with van der Waals surface area (Å²) in [5, 5.41) is 0. The van der Waals surface area contributed by atoms with E-state index < -0.39 is 0 Å². The summed E-state index contributed by atoms with van der Waals surface area (Å²) in [6, 6.07) is 6.02. The molecule has 1 saturated heterocycles. The number of rotatable bonds is 3. The first-order valence-corrected chi connectivity index (χ1v) is 6.37. The quantitative estimate of drug-likeness (QED) is 0.817. The zero-order valence-corrected chi connectivity index (χ0v) is 10.9. The van der Waals surface area contributed by atoms with Crippen molar-refractivity contribution in [2.75, 3.05) is 23.7 Å². The van der Waals surface area contributed by atoms with Gasteiger partial charge in [0.1, 0.15) is 5.75 Å². The molecule has 1 aromatic carbocycles. The molecular weight excluding hydrogens is 212 g/mol. The van der Waals surface area contributed by atoms with E-state index in [0.717, 1.165) is 30.4 Å². The largest absolute Gasteiger partial charge is 0.491 e. The fraction of sp³-hybridized carbons (Fsp3) is 0.571. The van der Waals surface area contributed by atoms with Crippen LogP contribution in [-0.4, -0.2) is 19.2 Å². The second kappa shape index (κ2) is 4.86. The molecule has 2 N–H and O–H groups in total. The van der Waals surface area contributed by atoms with Crippen LogP contribution in [0.1, 0.15) is 27.2 Å². The minimum absolute atomic E-state index is 0.183. The Hall–Kier alpha value is -1.38. The average Bonchev–Trinajstić information content (AvgIpc) is 2.62. The Morgan fingerprint density at radius 2 is 2.12 bits per heavy atom. The number of hydrogen-bond donors (Lipinski definition) is 1. The van der Waals surface area contributed by atoms with Crippen molar-refractivity contribution < 1.29 is 4.74 Å². The van der Waals surface area contributed by atoms with Crippen molar-refractivity contribution in [2.45, 2.75) is 33.3 Å². The van der Waals surface area contributed by atoms with Crippen LogP contribution in [0, 0.1) is 5.92 Å². The van der Waals surface area contributed by atoms with Gasteiger partial charge in [-0.15, -0.1) is 0 Å². The third-order valence-corrected chi connectivity index (χ3v) is 3.07. The molecule has 0 amide bonds. The van der Waals surface area contributed by atoms with Crippen LogP contribution in [0.4, 0.5) is 11.4 Å². The summed E-state index contributed by atoms with van der Waals surface area (Å²) in [6.45, 7) is 8.58. The minimum atomic E-state index is 0.183. The average molecular weight is 234 g/mol. The Morgan fingerprint density at radius 3 is 2.71 bits per heavy atom. The van der Waals surface area contributed by atoms with Gasteiger partial charge in [0.2, 0.25) is 0 Å². The lowest BCUT2D eigenvalue weighted by atomic mass is 10.2. The Balaban J connectivity index is 2.19. The lowest BCUT2D eigenvalue weighted by Gasteiger charge is -2.20. The molecule has 0 bridgehead atoms. The van der Waals surface area contributed by atoms with Gasteiger partial charge in [-0.1, -0.05) is 6.92 Å². The molecule has 94 valence electrons. The van der Waals surface area contributed by atoms with Crippen molar-refractivity contribution in [3.05, 3.63) is 18.2 Å². The zero-order valence-electron chi connectivity index (χ0n) is 10.9. The first-order valence-electron chi connectivity index (χ1n) is 6.37. The molecule has 0 aliphatic carbocycles. The molecule has 0 spiro atoms. The molecule has 1 unspecified atom stereocenters. The first-order chi connectivity index (χ1) is 8.04. The van der Waals surface area contributed by atoms with Crippen LogP contribution < -0.4 is 15.4 Å². The van der Waals surface area contributed by atoms with Gasteiger partial charge < -0.3 is 15.4 Å². The summed E-state index contributed by atoms with van der Waals surface area (Å²) in [7, 11) is 0. The molecule has 0 aromatic heterocycles. The van der Waals surface area contributed by atoms with E-state index in [1.54, 1.807) is 0 Å². The van der Waals surface area contributed by atoms with E-state index in [9.17, 15) is 0 Å². The number of anilines is 2. The second-order valence-corrected chi connectivity index (χ2v) is 5.27. The normalized spacial score (nSPS) is 20.0. The highest BCUT2D eigenvalue weighted by atomic mass is 16.5. The molecule has 1 atom stereocenters. The van der Waals surface area contributed by atoms with Gasteiger partial charge in [0.25, 0.3) is 0 Å². The number of nitrogens with zero attached hydrogens (tertiary/aromatic N) is 1.